The van der Waals surface area contributed by atoms with Gasteiger partial charge in [0.25, 0.3) is 0 Å². The van der Waals surface area contributed by atoms with Gasteiger partial charge in [0, 0.05) is 70.6 Å². The summed E-state index contributed by atoms with van der Waals surface area (Å²) in [5.74, 6) is -8.21. The van der Waals surface area contributed by atoms with Gasteiger partial charge in [0.2, 0.25) is 29.5 Å². The number of guanidine groups is 2. The Balaban J connectivity index is 2.00. The maximum absolute atomic E-state index is 13.5. The molecular formula is C54H99N11O17. The molecule has 0 aromatic carbocycles. The molecule has 14 N–H and O–H groups in total. The number of carbonyl (C=O) groups is 7. The molecule has 0 aromatic rings. The van der Waals surface area contributed by atoms with Crippen LogP contribution in [0.15, 0.2) is 9.98 Å². The number of rotatable bonds is 46. The van der Waals surface area contributed by atoms with Crippen LogP contribution in [0.5, 0.6) is 0 Å². The van der Waals surface area contributed by atoms with Crippen molar-refractivity contribution in [2.24, 2.45) is 68.4 Å². The average Bonchev–Trinajstić information content (AvgIpc) is 4.22. The van der Waals surface area contributed by atoms with Crippen LogP contribution in [-0.2, 0) is 71.5 Å². The van der Waals surface area contributed by atoms with Crippen LogP contribution in [0.2, 0.25) is 0 Å². The molecule has 2 fully saturated rings. The minimum absolute atomic E-state index is 0.0391. The summed E-state index contributed by atoms with van der Waals surface area (Å²) in [6, 6.07) is -2.45. The number of aliphatic imine (C=N–C) groups is 2. The smallest absolute Gasteiger partial charge is 0.309 e. The molecule has 0 radical (unpaired) electrons. The Bertz CT molecular complexity index is 1840. The van der Waals surface area contributed by atoms with Gasteiger partial charge in [0.15, 0.2) is 11.9 Å². The first-order chi connectivity index (χ1) is 39.2. The van der Waals surface area contributed by atoms with Gasteiger partial charge in [-0.25, -0.2) is 9.98 Å². The molecule has 10 atom stereocenters. The lowest BCUT2D eigenvalue weighted by Gasteiger charge is -2.37. The molecule has 0 saturated heterocycles. The van der Waals surface area contributed by atoms with Crippen molar-refractivity contribution < 1.29 is 81.7 Å². The van der Waals surface area contributed by atoms with E-state index in [2.05, 4.69) is 31.3 Å². The molecule has 0 bridgehead atoms. The highest BCUT2D eigenvalue weighted by molar-refractivity contribution is 5.79. The van der Waals surface area contributed by atoms with Crippen molar-refractivity contribution in [3.05, 3.63) is 0 Å². The normalized spacial score (nSPS) is 21.1. The molecule has 0 aliphatic heterocycles. The standard InChI is InChI=1S/C54H99N11O17/c1-8-18-75-24-26-79-28-29-80-27-25-76-19-13-44(70)65(16-22-77-20-14-59-42(68)32-81-49-38(51(71)72)30-40(63-53(55)56)45(49)47(61-34(6)66)36(9-2)10-3)17-23-78-21-15-60-43(69)33-82-50-39(52(73)74)31-41(64-54(57)58)46(50)48(62-35(7)67)37(11-4)12-5/h36-41,45-50H,8-33H2,1-7H3,(H,59,68)(H,60,69)(H,61,66)(H,62,67)(H,71,72)(H,73,74)(H4,55,56,63)(H4,57,58,64)/t38-,39-,40+,41+,45+,46+,47+,48+,49+,50+/m0/s1. The van der Waals surface area contributed by atoms with Gasteiger partial charge in [0.05, 0.1) is 115 Å². The third-order valence-corrected chi connectivity index (χ3v) is 14.6. The Morgan fingerprint density at radius 1 is 0.524 bits per heavy atom. The molecular weight excluding hydrogens is 1070 g/mol. The number of carbonyl (C=O) groups excluding carboxylic acids is 5. The molecule has 0 aromatic heterocycles. The number of carboxylic acid groups (broad SMARTS) is 2. The highest BCUT2D eigenvalue weighted by Crippen LogP contribution is 2.43. The molecule has 28 nitrogen and oxygen atoms in total. The molecule has 0 heterocycles. The number of ether oxygens (including phenoxy) is 8. The second-order valence-electron chi connectivity index (χ2n) is 20.4. The first kappa shape index (κ1) is 72.6. The van der Waals surface area contributed by atoms with Crippen molar-refractivity contribution in [2.45, 2.75) is 136 Å². The van der Waals surface area contributed by atoms with E-state index in [1.807, 2.05) is 34.6 Å². The molecule has 2 aliphatic rings. The molecule has 2 saturated carbocycles. The Morgan fingerprint density at radius 3 is 1.21 bits per heavy atom. The topological polar surface area (TPSA) is 414 Å². The summed E-state index contributed by atoms with van der Waals surface area (Å²) in [6.07, 6.45) is 1.75. The summed E-state index contributed by atoms with van der Waals surface area (Å²) in [4.78, 5) is 99.7. The van der Waals surface area contributed by atoms with Gasteiger partial charge in [0.1, 0.15) is 13.2 Å². The first-order valence-electron chi connectivity index (χ1n) is 28.9. The van der Waals surface area contributed by atoms with E-state index in [1.54, 1.807) is 4.90 Å². The van der Waals surface area contributed by atoms with Crippen molar-refractivity contribution in [2.75, 3.05) is 119 Å². The summed E-state index contributed by atoms with van der Waals surface area (Å²) in [6.45, 7) is 15.6. The zero-order valence-corrected chi connectivity index (χ0v) is 49.5. The van der Waals surface area contributed by atoms with Crippen LogP contribution < -0.4 is 44.2 Å². The fourth-order valence-electron chi connectivity index (χ4n) is 10.8. The van der Waals surface area contributed by atoms with Crippen LogP contribution in [0.3, 0.4) is 0 Å². The molecule has 2 rings (SSSR count). The minimum Gasteiger partial charge on any atom is -0.481 e. The van der Waals surface area contributed by atoms with E-state index in [4.69, 9.17) is 60.8 Å². The van der Waals surface area contributed by atoms with Gasteiger partial charge in [-0.3, -0.25) is 33.6 Å². The van der Waals surface area contributed by atoms with Crippen LogP contribution in [0.1, 0.15) is 99.8 Å². The van der Waals surface area contributed by atoms with Gasteiger partial charge in [-0.2, -0.15) is 0 Å². The van der Waals surface area contributed by atoms with E-state index < -0.39 is 97.0 Å². The predicted octanol–water partition coefficient (Wildman–Crippen LogP) is -0.675. The van der Waals surface area contributed by atoms with Gasteiger partial charge in [-0.05, 0) is 31.1 Å². The van der Waals surface area contributed by atoms with Crippen molar-refractivity contribution in [3.63, 3.8) is 0 Å². The number of nitrogens with zero attached hydrogens (tertiary/aromatic N) is 3. The Hall–Kier alpha value is -5.49. The summed E-state index contributed by atoms with van der Waals surface area (Å²) in [7, 11) is 0. The van der Waals surface area contributed by atoms with Gasteiger partial charge < -0.3 is 97.2 Å². The Morgan fingerprint density at radius 2 is 0.878 bits per heavy atom. The Labute approximate surface area is 483 Å². The molecule has 28 heteroatoms. The average molecular weight is 1170 g/mol. The van der Waals surface area contributed by atoms with Crippen molar-refractivity contribution in [3.8, 4) is 0 Å². The minimum atomic E-state index is -1.14. The summed E-state index contributed by atoms with van der Waals surface area (Å²) < 4.78 is 45.8. The summed E-state index contributed by atoms with van der Waals surface area (Å²) >= 11 is 0. The van der Waals surface area contributed by atoms with Crippen LogP contribution in [-0.4, -0.2) is 224 Å². The number of nitrogens with two attached hydrogens (primary N) is 4. The number of hydrogen-bond acceptors (Lipinski definition) is 17. The number of nitrogens with one attached hydrogen (secondary N) is 4. The highest BCUT2D eigenvalue weighted by atomic mass is 16.6. The van der Waals surface area contributed by atoms with Crippen molar-refractivity contribution in [1.29, 1.82) is 0 Å². The zero-order chi connectivity index (χ0) is 61.0. The lowest BCUT2D eigenvalue weighted by atomic mass is 9.80. The van der Waals surface area contributed by atoms with Crippen LogP contribution in [0.4, 0.5) is 0 Å². The number of carboxylic acids is 2. The highest BCUT2D eigenvalue weighted by Gasteiger charge is 2.54. The molecule has 5 amide bonds. The lowest BCUT2D eigenvalue weighted by molar-refractivity contribution is -0.150. The van der Waals surface area contributed by atoms with Gasteiger partial charge in [-0.1, -0.05) is 60.3 Å². The predicted molar refractivity (Wildman–Crippen MR) is 303 cm³/mol. The van der Waals surface area contributed by atoms with Crippen molar-refractivity contribution >= 4 is 53.4 Å². The second-order valence-corrected chi connectivity index (χ2v) is 20.4. The maximum Gasteiger partial charge on any atom is 0.309 e. The molecule has 2 aliphatic carbocycles. The molecule has 82 heavy (non-hydrogen) atoms. The van der Waals surface area contributed by atoms with Crippen LogP contribution in [0.25, 0.3) is 0 Å². The summed E-state index contributed by atoms with van der Waals surface area (Å²) in [5.41, 5.74) is 23.0. The van der Waals surface area contributed by atoms with E-state index in [0.29, 0.717) is 65.3 Å². The number of aliphatic carboxylic acids is 2. The van der Waals surface area contributed by atoms with E-state index >= 15 is 0 Å². The lowest BCUT2D eigenvalue weighted by Crippen LogP contribution is -2.52. The fourth-order valence-corrected chi connectivity index (χ4v) is 10.8. The van der Waals surface area contributed by atoms with Crippen LogP contribution >= 0.6 is 0 Å². The molecule has 0 unspecified atom stereocenters. The van der Waals surface area contributed by atoms with E-state index in [1.165, 1.54) is 13.8 Å². The third kappa shape index (κ3) is 27.3. The number of hydrogen-bond donors (Lipinski definition) is 10. The van der Waals surface area contributed by atoms with Crippen LogP contribution in [0, 0.1) is 35.5 Å². The zero-order valence-electron chi connectivity index (χ0n) is 49.5. The van der Waals surface area contributed by atoms with Gasteiger partial charge >= 0.3 is 11.9 Å². The van der Waals surface area contributed by atoms with Gasteiger partial charge in [-0.15, -0.1) is 0 Å². The first-order valence-corrected chi connectivity index (χ1v) is 28.9. The summed E-state index contributed by atoms with van der Waals surface area (Å²) in [5, 5.41) is 31.8. The quantitative estimate of drug-likeness (QED) is 0.0205. The Kier molecular flexibility index (Phi) is 36.7. The molecule has 0 spiro atoms. The third-order valence-electron chi connectivity index (χ3n) is 14.6. The maximum atomic E-state index is 13.5. The van der Waals surface area contributed by atoms with Crippen molar-refractivity contribution in [1.82, 2.24) is 26.2 Å². The fraction of sp³-hybridized carbons (Fsp3) is 0.833. The van der Waals surface area contributed by atoms with E-state index in [9.17, 15) is 43.8 Å². The van der Waals surface area contributed by atoms with E-state index in [-0.39, 0.29) is 127 Å². The SMILES string of the molecule is CCCOCCOCCOCCOCCC(=O)N(CCOCCNC(=O)CO[C@H]1[C@@H]([C@H](NC(C)=O)C(CC)CC)[C@H](N=C(N)N)C[C@@H]1C(=O)O)CCOCCNC(=O)CO[C@H]1[C@@H]([C@H](NC(C)=O)C(CC)CC)[C@H](N=C(N)N)C[C@@H]1C(=O)O. The second kappa shape index (κ2) is 41.5. The monoisotopic (exact) mass is 1170 g/mol. The molecule has 472 valence electrons. The van der Waals surface area contributed by atoms with E-state index in [0.717, 1.165) is 6.42 Å². The largest absolute Gasteiger partial charge is 0.481 e. The number of amides is 5.